The maximum absolute atomic E-state index is 11.9. The molecule has 8 heteroatoms. The fourth-order valence-corrected chi connectivity index (χ4v) is 1.85. The molecule has 0 bridgehead atoms. The zero-order chi connectivity index (χ0) is 13.7. The predicted octanol–water partition coefficient (Wildman–Crippen LogP) is 0.166. The van der Waals surface area contributed by atoms with Crippen molar-refractivity contribution in [3.63, 3.8) is 0 Å². The number of carbonyl (C=O) groups is 1. The Kier molecular flexibility index (Phi) is 4.92. The van der Waals surface area contributed by atoms with Crippen molar-refractivity contribution in [2.24, 2.45) is 5.84 Å². The first-order valence-electron chi connectivity index (χ1n) is 5.80. The molecule has 0 aliphatic carbocycles. The minimum Gasteiger partial charge on any atom is -0.376 e. The van der Waals surface area contributed by atoms with Crippen molar-refractivity contribution in [3.8, 4) is 0 Å². The first-order chi connectivity index (χ1) is 9.20. The monoisotopic (exact) mass is 286 g/mol. The Morgan fingerprint density at radius 2 is 2.42 bits per heavy atom. The summed E-state index contributed by atoms with van der Waals surface area (Å²) in [5.41, 5.74) is 2.70. The number of hydrazine groups is 1. The lowest BCUT2D eigenvalue weighted by atomic mass is 10.2. The van der Waals surface area contributed by atoms with Gasteiger partial charge in [-0.15, -0.1) is 0 Å². The van der Waals surface area contributed by atoms with E-state index in [0.717, 1.165) is 0 Å². The number of nitrogens with zero attached hydrogens (tertiary/aromatic N) is 1. The molecule has 2 heterocycles. The van der Waals surface area contributed by atoms with E-state index in [-0.39, 0.29) is 17.0 Å². The number of halogens is 1. The van der Waals surface area contributed by atoms with E-state index < -0.39 is 0 Å². The molecule has 1 unspecified atom stereocenters. The van der Waals surface area contributed by atoms with Crippen molar-refractivity contribution >= 4 is 23.3 Å². The Hall–Kier alpha value is -1.41. The quantitative estimate of drug-likeness (QED) is 0.539. The molecular weight excluding hydrogens is 272 g/mol. The number of pyridine rings is 1. The van der Waals surface area contributed by atoms with Crippen LogP contribution in [-0.2, 0) is 9.47 Å². The van der Waals surface area contributed by atoms with Gasteiger partial charge in [-0.1, -0.05) is 11.6 Å². The smallest absolute Gasteiger partial charge is 0.252 e. The van der Waals surface area contributed by atoms with Crippen LogP contribution in [0.25, 0.3) is 0 Å². The van der Waals surface area contributed by atoms with Crippen LogP contribution in [-0.4, -0.2) is 43.4 Å². The van der Waals surface area contributed by atoms with Gasteiger partial charge in [-0.3, -0.25) is 4.79 Å². The molecule has 19 heavy (non-hydrogen) atoms. The van der Waals surface area contributed by atoms with Gasteiger partial charge < -0.3 is 20.2 Å². The number of aromatic nitrogens is 1. The van der Waals surface area contributed by atoms with Crippen LogP contribution in [0.15, 0.2) is 12.3 Å². The van der Waals surface area contributed by atoms with Gasteiger partial charge in [0.25, 0.3) is 5.91 Å². The van der Waals surface area contributed by atoms with Gasteiger partial charge in [0, 0.05) is 12.7 Å². The van der Waals surface area contributed by atoms with Crippen molar-refractivity contribution in [1.29, 1.82) is 0 Å². The fraction of sp³-hybridized carbons (Fsp3) is 0.455. The molecule has 0 radical (unpaired) electrons. The van der Waals surface area contributed by atoms with Crippen molar-refractivity contribution < 1.29 is 14.3 Å². The molecule has 0 aromatic carbocycles. The van der Waals surface area contributed by atoms with E-state index in [4.69, 9.17) is 26.9 Å². The van der Waals surface area contributed by atoms with Crippen molar-refractivity contribution in [3.05, 3.63) is 22.8 Å². The number of hydrogen-bond acceptors (Lipinski definition) is 6. The van der Waals surface area contributed by atoms with E-state index in [9.17, 15) is 4.79 Å². The molecule has 1 atom stereocenters. The van der Waals surface area contributed by atoms with Crippen LogP contribution in [0.2, 0.25) is 5.02 Å². The summed E-state index contributed by atoms with van der Waals surface area (Å²) < 4.78 is 10.7. The fourth-order valence-electron chi connectivity index (χ4n) is 1.63. The van der Waals surface area contributed by atoms with Crippen LogP contribution < -0.4 is 16.6 Å². The molecule has 1 aromatic rings. The van der Waals surface area contributed by atoms with E-state index in [1.807, 2.05) is 0 Å². The summed E-state index contributed by atoms with van der Waals surface area (Å²) in [6.45, 7) is 2.00. The van der Waals surface area contributed by atoms with E-state index in [0.29, 0.717) is 37.7 Å². The van der Waals surface area contributed by atoms with Gasteiger partial charge in [-0.05, 0) is 6.07 Å². The Morgan fingerprint density at radius 1 is 1.58 bits per heavy atom. The lowest BCUT2D eigenvalue weighted by Crippen LogP contribution is -2.39. The molecule has 104 valence electrons. The van der Waals surface area contributed by atoms with Crippen LogP contribution in [0.1, 0.15) is 10.4 Å². The average Bonchev–Trinajstić information content (AvgIpc) is 2.45. The van der Waals surface area contributed by atoms with Gasteiger partial charge in [0.2, 0.25) is 0 Å². The van der Waals surface area contributed by atoms with Crippen molar-refractivity contribution in [2.45, 2.75) is 6.10 Å². The van der Waals surface area contributed by atoms with E-state index in [1.54, 1.807) is 0 Å². The topological polar surface area (TPSA) is 98.5 Å². The third-order valence-corrected chi connectivity index (χ3v) is 2.90. The third kappa shape index (κ3) is 3.77. The van der Waals surface area contributed by atoms with Crippen LogP contribution in [0.5, 0.6) is 0 Å². The third-order valence-electron chi connectivity index (χ3n) is 2.62. The molecule has 1 aliphatic rings. The second-order valence-corrected chi connectivity index (χ2v) is 4.38. The first-order valence-corrected chi connectivity index (χ1v) is 6.18. The Morgan fingerprint density at radius 3 is 3.05 bits per heavy atom. The van der Waals surface area contributed by atoms with E-state index in [1.165, 1.54) is 12.3 Å². The SMILES string of the molecule is NNc1ncc(C(=O)NCC2COCCO2)cc1Cl. The molecule has 1 fully saturated rings. The maximum Gasteiger partial charge on any atom is 0.252 e. The summed E-state index contributed by atoms with van der Waals surface area (Å²) >= 11 is 5.89. The van der Waals surface area contributed by atoms with Crippen molar-refractivity contribution in [1.82, 2.24) is 10.3 Å². The summed E-state index contributed by atoms with van der Waals surface area (Å²) in [5.74, 6) is 5.26. The molecule has 0 spiro atoms. The molecule has 1 aromatic heterocycles. The molecule has 4 N–H and O–H groups in total. The second-order valence-electron chi connectivity index (χ2n) is 3.98. The standard InChI is InChI=1S/C11H15ClN4O3/c12-9-3-7(4-14-10(9)16-13)11(17)15-5-8-6-18-1-2-19-8/h3-4,8H,1-2,5-6,13H2,(H,14,16)(H,15,17). The Labute approximate surface area is 115 Å². The normalized spacial score (nSPS) is 18.9. The number of nitrogens with one attached hydrogen (secondary N) is 2. The Balaban J connectivity index is 1.90. The number of carbonyl (C=O) groups excluding carboxylic acids is 1. The number of nitrogens with two attached hydrogens (primary N) is 1. The first kappa shape index (κ1) is 14.0. The summed E-state index contributed by atoms with van der Waals surface area (Å²) in [4.78, 5) is 15.8. The number of nitrogen functional groups attached to an aromatic ring is 1. The van der Waals surface area contributed by atoms with Gasteiger partial charge in [0.15, 0.2) is 5.82 Å². The summed E-state index contributed by atoms with van der Waals surface area (Å²) in [6, 6.07) is 1.50. The molecular formula is C11H15ClN4O3. The van der Waals surface area contributed by atoms with Crippen LogP contribution >= 0.6 is 11.6 Å². The average molecular weight is 287 g/mol. The lowest BCUT2D eigenvalue weighted by Gasteiger charge is -2.23. The molecule has 1 saturated heterocycles. The molecule has 7 nitrogen and oxygen atoms in total. The number of rotatable bonds is 4. The summed E-state index contributed by atoms with van der Waals surface area (Å²) in [6.07, 6.45) is 1.28. The van der Waals surface area contributed by atoms with Crippen LogP contribution in [0, 0.1) is 0 Å². The van der Waals surface area contributed by atoms with Gasteiger partial charge in [0.1, 0.15) is 0 Å². The van der Waals surface area contributed by atoms with Crippen LogP contribution in [0.3, 0.4) is 0 Å². The second kappa shape index (κ2) is 6.67. The summed E-state index contributed by atoms with van der Waals surface area (Å²) in [7, 11) is 0. The number of anilines is 1. The van der Waals surface area contributed by atoms with Gasteiger partial charge >= 0.3 is 0 Å². The minimum absolute atomic E-state index is 0.119. The molecule has 0 saturated carbocycles. The van der Waals surface area contributed by atoms with E-state index in [2.05, 4.69) is 15.7 Å². The molecule has 2 rings (SSSR count). The Bertz CT molecular complexity index is 452. The zero-order valence-corrected chi connectivity index (χ0v) is 10.9. The number of hydrogen-bond donors (Lipinski definition) is 3. The largest absolute Gasteiger partial charge is 0.376 e. The highest BCUT2D eigenvalue weighted by Gasteiger charge is 2.16. The maximum atomic E-state index is 11.9. The van der Waals surface area contributed by atoms with Gasteiger partial charge in [-0.2, -0.15) is 0 Å². The highest BCUT2D eigenvalue weighted by atomic mass is 35.5. The van der Waals surface area contributed by atoms with Gasteiger partial charge in [-0.25, -0.2) is 10.8 Å². The number of amides is 1. The lowest BCUT2D eigenvalue weighted by molar-refractivity contribution is -0.0855. The molecule has 1 aliphatic heterocycles. The van der Waals surface area contributed by atoms with E-state index >= 15 is 0 Å². The highest BCUT2D eigenvalue weighted by molar-refractivity contribution is 6.33. The number of ether oxygens (including phenoxy) is 2. The van der Waals surface area contributed by atoms with Gasteiger partial charge in [0.05, 0.1) is 36.5 Å². The summed E-state index contributed by atoms with van der Waals surface area (Å²) in [5, 5.41) is 3.02. The minimum atomic E-state index is -0.271. The van der Waals surface area contributed by atoms with Crippen LogP contribution in [0.4, 0.5) is 5.82 Å². The van der Waals surface area contributed by atoms with Crippen molar-refractivity contribution in [2.75, 3.05) is 31.8 Å². The predicted molar refractivity (Wildman–Crippen MR) is 69.9 cm³/mol. The zero-order valence-electron chi connectivity index (χ0n) is 10.2. The molecule has 1 amide bonds. The highest BCUT2D eigenvalue weighted by Crippen LogP contribution is 2.18.